The summed E-state index contributed by atoms with van der Waals surface area (Å²) in [5, 5.41) is 0. The molecule has 0 bridgehead atoms. The third-order valence-electron chi connectivity index (χ3n) is 4.48. The van der Waals surface area contributed by atoms with Crippen LogP contribution in [0.15, 0.2) is 9.98 Å². The van der Waals surface area contributed by atoms with Crippen LogP contribution in [0, 0.1) is 0 Å². The normalized spacial score (nSPS) is 14.3. The Bertz CT molecular complexity index is 501. The number of nitrogens with two attached hydrogens (primary N) is 2. The molecule has 2 unspecified atom stereocenters. The van der Waals surface area contributed by atoms with Gasteiger partial charge >= 0.3 is 11.9 Å². The molecule has 0 aromatic carbocycles. The highest BCUT2D eigenvalue weighted by atomic mass is 16.6. The minimum absolute atomic E-state index is 0.345. The molecule has 8 heteroatoms. The first-order chi connectivity index (χ1) is 14.2. The standard InChI is InChI=1S/C22H42N4O4/c1-17(29-19(3)27)25-21(23)15-13-11-9-7-5-6-8-10-12-14-16-22(24)26-18(2)30-20(4)28/h17-18H,5-16H2,1-4H3,(H2,23,25)(H2,24,26). The van der Waals surface area contributed by atoms with E-state index in [4.69, 9.17) is 20.9 Å². The molecule has 30 heavy (non-hydrogen) atoms. The summed E-state index contributed by atoms with van der Waals surface area (Å²) in [4.78, 5) is 30.0. The van der Waals surface area contributed by atoms with Crippen molar-refractivity contribution in [1.29, 1.82) is 0 Å². The van der Waals surface area contributed by atoms with Crippen molar-refractivity contribution in [1.82, 2.24) is 0 Å². The lowest BCUT2D eigenvalue weighted by Crippen LogP contribution is -2.18. The zero-order valence-corrected chi connectivity index (χ0v) is 19.3. The van der Waals surface area contributed by atoms with Crippen LogP contribution >= 0.6 is 0 Å². The maximum absolute atomic E-state index is 10.8. The number of unbranched alkanes of at least 4 members (excludes halogenated alkanes) is 9. The largest absolute Gasteiger partial charge is 0.440 e. The fourth-order valence-corrected chi connectivity index (χ4v) is 3.16. The quantitative estimate of drug-likeness (QED) is 0.155. The van der Waals surface area contributed by atoms with Gasteiger partial charge < -0.3 is 20.9 Å². The number of carbonyl (C=O) groups excluding carboxylic acids is 2. The van der Waals surface area contributed by atoms with E-state index >= 15 is 0 Å². The minimum atomic E-state index is -0.504. The SMILES string of the molecule is CC(=O)OC(C)/N=C(\N)CCCCCCCCCCCC/C(N)=N/C(C)OC(C)=O. The van der Waals surface area contributed by atoms with E-state index in [1.807, 2.05) is 0 Å². The smallest absolute Gasteiger partial charge is 0.304 e. The van der Waals surface area contributed by atoms with Crippen molar-refractivity contribution >= 4 is 23.6 Å². The van der Waals surface area contributed by atoms with Crippen LogP contribution in [0.4, 0.5) is 0 Å². The van der Waals surface area contributed by atoms with Gasteiger partial charge in [0.05, 0.1) is 11.7 Å². The zero-order chi connectivity index (χ0) is 22.8. The van der Waals surface area contributed by atoms with Crippen molar-refractivity contribution < 1.29 is 19.1 Å². The maximum Gasteiger partial charge on any atom is 0.304 e. The topological polar surface area (TPSA) is 129 Å². The van der Waals surface area contributed by atoms with Crippen molar-refractivity contribution in [2.75, 3.05) is 0 Å². The summed E-state index contributed by atoms with van der Waals surface area (Å²) >= 11 is 0. The minimum Gasteiger partial charge on any atom is -0.440 e. The van der Waals surface area contributed by atoms with Crippen molar-refractivity contribution in [2.24, 2.45) is 21.5 Å². The fraction of sp³-hybridized carbons (Fsp3) is 0.818. The summed E-state index contributed by atoms with van der Waals surface area (Å²) in [5.41, 5.74) is 11.7. The molecule has 174 valence electrons. The molecule has 0 fully saturated rings. The number of hydrogen-bond acceptors (Lipinski definition) is 6. The monoisotopic (exact) mass is 426 g/mol. The van der Waals surface area contributed by atoms with Gasteiger partial charge in [-0.05, 0) is 26.7 Å². The molecule has 0 aliphatic heterocycles. The third-order valence-corrected chi connectivity index (χ3v) is 4.48. The lowest BCUT2D eigenvalue weighted by molar-refractivity contribution is -0.146. The second kappa shape index (κ2) is 17.7. The van der Waals surface area contributed by atoms with Crippen LogP contribution in [0.25, 0.3) is 0 Å². The van der Waals surface area contributed by atoms with E-state index in [0.717, 1.165) is 38.5 Å². The average Bonchev–Trinajstić information content (AvgIpc) is 2.60. The molecule has 0 radical (unpaired) electrons. The molecule has 0 aromatic rings. The first kappa shape index (κ1) is 27.9. The summed E-state index contributed by atoms with van der Waals surface area (Å²) in [6.45, 7) is 6.15. The lowest BCUT2D eigenvalue weighted by Gasteiger charge is -2.08. The molecule has 0 saturated carbocycles. The van der Waals surface area contributed by atoms with Gasteiger partial charge in [0.25, 0.3) is 0 Å². The van der Waals surface area contributed by atoms with Gasteiger partial charge in [0.2, 0.25) is 0 Å². The molecule has 8 nitrogen and oxygen atoms in total. The highest BCUT2D eigenvalue weighted by molar-refractivity contribution is 5.80. The van der Waals surface area contributed by atoms with Gasteiger partial charge in [-0.15, -0.1) is 0 Å². The van der Waals surface area contributed by atoms with Crippen molar-refractivity contribution in [3.8, 4) is 0 Å². The van der Waals surface area contributed by atoms with E-state index in [1.54, 1.807) is 13.8 Å². The van der Waals surface area contributed by atoms with E-state index in [2.05, 4.69) is 9.98 Å². The van der Waals surface area contributed by atoms with E-state index in [-0.39, 0.29) is 11.9 Å². The highest BCUT2D eigenvalue weighted by Gasteiger charge is 2.04. The molecule has 2 atom stereocenters. The highest BCUT2D eigenvalue weighted by Crippen LogP contribution is 2.12. The van der Waals surface area contributed by atoms with Gasteiger partial charge in [0, 0.05) is 26.7 Å². The maximum atomic E-state index is 10.8. The summed E-state index contributed by atoms with van der Waals surface area (Å²) in [7, 11) is 0. The van der Waals surface area contributed by atoms with Gasteiger partial charge in [-0.1, -0.05) is 51.4 Å². The molecule has 0 rings (SSSR count). The second-order valence-corrected chi connectivity index (χ2v) is 7.69. The Hall–Kier alpha value is -2.12. The molecule has 0 aliphatic carbocycles. The van der Waals surface area contributed by atoms with Crippen LogP contribution in [0.5, 0.6) is 0 Å². The lowest BCUT2D eigenvalue weighted by atomic mass is 10.0. The summed E-state index contributed by atoms with van der Waals surface area (Å²) in [6.07, 6.45) is 12.2. The fourth-order valence-electron chi connectivity index (χ4n) is 3.16. The number of esters is 2. The zero-order valence-electron chi connectivity index (χ0n) is 19.3. The molecule has 0 amide bonds. The Labute approximate surface area is 181 Å². The van der Waals surface area contributed by atoms with Crippen LogP contribution in [0.3, 0.4) is 0 Å². The van der Waals surface area contributed by atoms with E-state index < -0.39 is 12.5 Å². The second-order valence-electron chi connectivity index (χ2n) is 7.69. The Morgan fingerprint density at radius 3 is 1.17 bits per heavy atom. The number of hydrogen-bond donors (Lipinski definition) is 2. The predicted molar refractivity (Wildman–Crippen MR) is 121 cm³/mol. The van der Waals surface area contributed by atoms with Gasteiger partial charge in [0.1, 0.15) is 0 Å². The summed E-state index contributed by atoms with van der Waals surface area (Å²) in [5.74, 6) is 0.413. The van der Waals surface area contributed by atoms with Crippen molar-refractivity contribution in [2.45, 2.75) is 117 Å². The number of ether oxygens (including phenoxy) is 2. The van der Waals surface area contributed by atoms with Crippen molar-refractivity contribution in [3.05, 3.63) is 0 Å². The first-order valence-corrected chi connectivity index (χ1v) is 11.2. The van der Waals surface area contributed by atoms with Gasteiger partial charge in [-0.3, -0.25) is 9.59 Å². The summed E-state index contributed by atoms with van der Waals surface area (Å²) in [6, 6.07) is 0. The average molecular weight is 427 g/mol. The van der Waals surface area contributed by atoms with E-state index in [0.29, 0.717) is 11.7 Å². The number of amidine groups is 2. The number of nitrogens with zero attached hydrogens (tertiary/aromatic N) is 2. The number of aliphatic imine (C=N–C) groups is 2. The predicted octanol–water partition coefficient (Wildman–Crippen LogP) is 4.20. The Morgan fingerprint density at radius 1 is 0.633 bits per heavy atom. The molecule has 0 aromatic heterocycles. The molecular weight excluding hydrogens is 384 g/mol. The van der Waals surface area contributed by atoms with Gasteiger partial charge in [-0.2, -0.15) is 0 Å². The molecule has 0 heterocycles. The van der Waals surface area contributed by atoms with Gasteiger partial charge in [0.15, 0.2) is 12.5 Å². The Kier molecular flexibility index (Phi) is 16.5. The molecule has 0 spiro atoms. The van der Waals surface area contributed by atoms with Gasteiger partial charge in [-0.25, -0.2) is 9.98 Å². The van der Waals surface area contributed by atoms with Crippen LogP contribution in [-0.2, 0) is 19.1 Å². The molecule has 0 aliphatic rings. The van der Waals surface area contributed by atoms with Crippen LogP contribution < -0.4 is 11.5 Å². The van der Waals surface area contributed by atoms with E-state index in [1.165, 1.54) is 52.4 Å². The summed E-state index contributed by atoms with van der Waals surface area (Å²) < 4.78 is 9.86. The molecular formula is C22H42N4O4. The molecule has 4 N–H and O–H groups in total. The van der Waals surface area contributed by atoms with E-state index in [9.17, 15) is 9.59 Å². The first-order valence-electron chi connectivity index (χ1n) is 11.2. The molecule has 0 saturated heterocycles. The van der Waals surface area contributed by atoms with Crippen LogP contribution in [-0.4, -0.2) is 36.1 Å². The van der Waals surface area contributed by atoms with Crippen molar-refractivity contribution in [3.63, 3.8) is 0 Å². The Morgan fingerprint density at radius 2 is 0.900 bits per heavy atom. The Balaban J connectivity index is 3.52. The third kappa shape index (κ3) is 19.2. The number of rotatable bonds is 17. The number of carbonyl (C=O) groups is 2. The van der Waals surface area contributed by atoms with Crippen LogP contribution in [0.2, 0.25) is 0 Å². The van der Waals surface area contributed by atoms with Crippen LogP contribution in [0.1, 0.15) is 105 Å².